The molecule has 0 radical (unpaired) electrons. The van der Waals surface area contributed by atoms with E-state index in [1.165, 1.54) is 5.56 Å². The Bertz CT molecular complexity index is 444. The summed E-state index contributed by atoms with van der Waals surface area (Å²) in [4.78, 5) is 13.9. The molecule has 1 aliphatic heterocycles. The van der Waals surface area contributed by atoms with Gasteiger partial charge >= 0.3 is 0 Å². The van der Waals surface area contributed by atoms with Gasteiger partial charge in [-0.3, -0.25) is 4.79 Å². The predicted molar refractivity (Wildman–Crippen MR) is 77.7 cm³/mol. The summed E-state index contributed by atoms with van der Waals surface area (Å²) in [6, 6.07) is 7.81. The number of amides is 1. The Labute approximate surface area is 120 Å². The number of rotatable bonds is 4. The molecule has 0 aliphatic carbocycles. The van der Waals surface area contributed by atoms with Crippen molar-refractivity contribution >= 4 is 5.91 Å². The molecule has 0 saturated carbocycles. The zero-order valence-electron chi connectivity index (χ0n) is 12.2. The average molecular weight is 277 g/mol. The van der Waals surface area contributed by atoms with Crippen LogP contribution in [0.5, 0.6) is 5.75 Å². The molecule has 1 amide bonds. The lowest BCUT2D eigenvalue weighted by molar-refractivity contribution is -0.135. The zero-order chi connectivity index (χ0) is 14.5. The van der Waals surface area contributed by atoms with Gasteiger partial charge in [0.15, 0.2) is 0 Å². The summed E-state index contributed by atoms with van der Waals surface area (Å²) < 4.78 is 5.57. The third kappa shape index (κ3) is 3.97. The molecule has 1 heterocycles. The Balaban J connectivity index is 1.74. The van der Waals surface area contributed by atoms with Crippen LogP contribution < -0.4 is 4.74 Å². The van der Waals surface area contributed by atoms with Gasteiger partial charge in [0, 0.05) is 13.1 Å². The van der Waals surface area contributed by atoms with Crippen molar-refractivity contribution in [1.82, 2.24) is 4.90 Å². The summed E-state index contributed by atoms with van der Waals surface area (Å²) in [5.41, 5.74) is 1.19. The molecular weight excluding hydrogens is 254 g/mol. The maximum absolute atomic E-state index is 12.1. The summed E-state index contributed by atoms with van der Waals surface area (Å²) in [5, 5.41) is 9.66. The van der Waals surface area contributed by atoms with E-state index in [0.717, 1.165) is 5.75 Å². The molecular formula is C16H23NO3. The lowest BCUT2D eigenvalue weighted by atomic mass is 9.96. The van der Waals surface area contributed by atoms with Crippen molar-refractivity contribution in [3.05, 3.63) is 29.8 Å². The fourth-order valence-corrected chi connectivity index (χ4v) is 2.41. The third-order valence-electron chi connectivity index (χ3n) is 3.82. The number of aryl methyl sites for hydroxylation is 1. The molecule has 1 saturated heterocycles. The Morgan fingerprint density at radius 2 is 2.10 bits per heavy atom. The van der Waals surface area contributed by atoms with E-state index in [4.69, 9.17) is 4.74 Å². The quantitative estimate of drug-likeness (QED) is 0.915. The van der Waals surface area contributed by atoms with Gasteiger partial charge in [-0.05, 0) is 31.4 Å². The highest BCUT2D eigenvalue weighted by molar-refractivity contribution is 5.76. The monoisotopic (exact) mass is 277 g/mol. The van der Waals surface area contributed by atoms with E-state index in [2.05, 4.69) is 0 Å². The molecule has 1 aliphatic rings. The summed E-state index contributed by atoms with van der Waals surface area (Å²) in [7, 11) is 0. The number of aliphatic hydroxyl groups is 1. The van der Waals surface area contributed by atoms with E-state index in [-0.39, 0.29) is 17.9 Å². The first-order valence-electron chi connectivity index (χ1n) is 7.21. The maximum Gasteiger partial charge on any atom is 0.226 e. The SMILES string of the molecule is Cc1ccc(OCCC(=O)N2CCC(O)C(C)C2)cc1. The first-order chi connectivity index (χ1) is 9.56. The van der Waals surface area contributed by atoms with Crippen LogP contribution in [0.3, 0.4) is 0 Å². The van der Waals surface area contributed by atoms with Gasteiger partial charge in [0.1, 0.15) is 5.75 Å². The molecule has 2 atom stereocenters. The first-order valence-corrected chi connectivity index (χ1v) is 7.21. The molecule has 4 heteroatoms. The van der Waals surface area contributed by atoms with Crippen LogP contribution in [-0.2, 0) is 4.79 Å². The van der Waals surface area contributed by atoms with Gasteiger partial charge in [-0.2, -0.15) is 0 Å². The van der Waals surface area contributed by atoms with Crippen LogP contribution in [-0.4, -0.2) is 41.7 Å². The van der Waals surface area contributed by atoms with Gasteiger partial charge < -0.3 is 14.7 Å². The van der Waals surface area contributed by atoms with Crippen molar-refractivity contribution in [3.63, 3.8) is 0 Å². The molecule has 1 aromatic rings. The van der Waals surface area contributed by atoms with Crippen LogP contribution in [0.4, 0.5) is 0 Å². The molecule has 110 valence electrons. The van der Waals surface area contributed by atoms with Crippen molar-refractivity contribution in [2.75, 3.05) is 19.7 Å². The Kier molecular flexibility index (Phi) is 5.01. The third-order valence-corrected chi connectivity index (χ3v) is 3.82. The molecule has 20 heavy (non-hydrogen) atoms. The maximum atomic E-state index is 12.1. The fourth-order valence-electron chi connectivity index (χ4n) is 2.41. The number of piperidine rings is 1. The number of hydrogen-bond donors (Lipinski definition) is 1. The highest BCUT2D eigenvalue weighted by Crippen LogP contribution is 2.17. The van der Waals surface area contributed by atoms with E-state index in [1.54, 1.807) is 0 Å². The molecule has 1 aromatic carbocycles. The fraction of sp³-hybridized carbons (Fsp3) is 0.562. The van der Waals surface area contributed by atoms with Crippen LogP contribution in [0.25, 0.3) is 0 Å². The van der Waals surface area contributed by atoms with Crippen LogP contribution in [0.15, 0.2) is 24.3 Å². The van der Waals surface area contributed by atoms with Gasteiger partial charge in [-0.15, -0.1) is 0 Å². The molecule has 4 nitrogen and oxygen atoms in total. The molecule has 0 aromatic heterocycles. The van der Waals surface area contributed by atoms with Crippen LogP contribution in [0, 0.1) is 12.8 Å². The molecule has 0 spiro atoms. The number of benzene rings is 1. The van der Waals surface area contributed by atoms with Crippen molar-refractivity contribution in [2.24, 2.45) is 5.92 Å². The number of aliphatic hydroxyl groups excluding tert-OH is 1. The van der Waals surface area contributed by atoms with Crippen molar-refractivity contribution in [2.45, 2.75) is 32.8 Å². The van der Waals surface area contributed by atoms with E-state index in [1.807, 2.05) is 43.0 Å². The molecule has 1 N–H and O–H groups in total. The van der Waals surface area contributed by atoms with E-state index in [0.29, 0.717) is 32.5 Å². The second-order valence-electron chi connectivity index (χ2n) is 5.58. The average Bonchev–Trinajstić information content (AvgIpc) is 2.44. The second kappa shape index (κ2) is 6.75. The van der Waals surface area contributed by atoms with Crippen LogP contribution >= 0.6 is 0 Å². The Morgan fingerprint density at radius 1 is 1.40 bits per heavy atom. The number of carbonyl (C=O) groups is 1. The lowest BCUT2D eigenvalue weighted by Crippen LogP contribution is -2.45. The number of ether oxygens (including phenoxy) is 1. The summed E-state index contributed by atoms with van der Waals surface area (Å²) in [6.45, 7) is 5.70. The molecule has 2 unspecified atom stereocenters. The number of likely N-dealkylation sites (tertiary alicyclic amines) is 1. The van der Waals surface area contributed by atoms with Gasteiger partial charge in [0.05, 0.1) is 19.1 Å². The molecule has 2 rings (SSSR count). The van der Waals surface area contributed by atoms with Gasteiger partial charge in [-0.1, -0.05) is 24.6 Å². The lowest BCUT2D eigenvalue weighted by Gasteiger charge is -2.34. The minimum absolute atomic E-state index is 0.107. The highest BCUT2D eigenvalue weighted by Gasteiger charge is 2.26. The summed E-state index contributed by atoms with van der Waals surface area (Å²) >= 11 is 0. The number of nitrogens with zero attached hydrogens (tertiary/aromatic N) is 1. The standard InChI is InChI=1S/C16H23NO3/c1-12-3-5-14(6-4-12)20-10-8-16(19)17-9-7-15(18)13(2)11-17/h3-6,13,15,18H,7-11H2,1-2H3. The van der Waals surface area contributed by atoms with Gasteiger partial charge in [-0.25, -0.2) is 0 Å². The largest absolute Gasteiger partial charge is 0.493 e. The van der Waals surface area contributed by atoms with Crippen molar-refractivity contribution in [3.8, 4) is 5.75 Å². The van der Waals surface area contributed by atoms with E-state index in [9.17, 15) is 9.90 Å². The summed E-state index contributed by atoms with van der Waals surface area (Å²) in [6.07, 6.45) is 0.783. The zero-order valence-corrected chi connectivity index (χ0v) is 12.2. The molecule has 0 bridgehead atoms. The van der Waals surface area contributed by atoms with Gasteiger partial charge in [0.25, 0.3) is 0 Å². The second-order valence-corrected chi connectivity index (χ2v) is 5.58. The Hall–Kier alpha value is -1.55. The van der Waals surface area contributed by atoms with E-state index < -0.39 is 0 Å². The van der Waals surface area contributed by atoms with Crippen molar-refractivity contribution < 1.29 is 14.6 Å². The smallest absolute Gasteiger partial charge is 0.226 e. The summed E-state index contributed by atoms with van der Waals surface area (Å²) in [5.74, 6) is 1.06. The highest BCUT2D eigenvalue weighted by atomic mass is 16.5. The van der Waals surface area contributed by atoms with Crippen LogP contribution in [0.2, 0.25) is 0 Å². The molecule has 1 fully saturated rings. The predicted octanol–water partition coefficient (Wildman–Crippen LogP) is 1.99. The van der Waals surface area contributed by atoms with E-state index >= 15 is 0 Å². The number of carbonyl (C=O) groups excluding carboxylic acids is 1. The van der Waals surface area contributed by atoms with Gasteiger partial charge in [0.2, 0.25) is 5.91 Å². The minimum atomic E-state index is -0.275. The number of hydrogen-bond acceptors (Lipinski definition) is 3. The first kappa shape index (κ1) is 14.9. The topological polar surface area (TPSA) is 49.8 Å². The minimum Gasteiger partial charge on any atom is -0.493 e. The van der Waals surface area contributed by atoms with Crippen molar-refractivity contribution in [1.29, 1.82) is 0 Å². The van der Waals surface area contributed by atoms with Crippen LogP contribution in [0.1, 0.15) is 25.3 Å². The Morgan fingerprint density at radius 3 is 2.75 bits per heavy atom. The normalized spacial score (nSPS) is 22.6.